The largest absolute Gasteiger partial charge is 0.496 e. The van der Waals surface area contributed by atoms with E-state index in [0.717, 1.165) is 17.7 Å². The second kappa shape index (κ2) is 5.87. The number of hydrogen-bond donors (Lipinski definition) is 2. The van der Waals surface area contributed by atoms with E-state index in [1.807, 2.05) is 13.0 Å². The molecule has 0 spiro atoms. The minimum atomic E-state index is -0.401. The maximum absolute atomic E-state index is 9.43. The molecule has 0 bridgehead atoms. The quantitative estimate of drug-likeness (QED) is 0.796. The van der Waals surface area contributed by atoms with Crippen molar-refractivity contribution in [1.29, 1.82) is 0 Å². The van der Waals surface area contributed by atoms with Gasteiger partial charge in [0.1, 0.15) is 5.75 Å². The first-order valence-corrected chi connectivity index (χ1v) is 5.60. The normalized spacial score (nSPS) is 12.6. The molecule has 0 radical (unpaired) electrons. The maximum Gasteiger partial charge on any atom is 0.122 e. The summed E-state index contributed by atoms with van der Waals surface area (Å²) in [5.41, 5.74) is 8.97. The van der Waals surface area contributed by atoms with Crippen LogP contribution in [0.2, 0.25) is 0 Å². The smallest absolute Gasteiger partial charge is 0.122 e. The fourth-order valence-corrected chi connectivity index (χ4v) is 1.78. The number of aliphatic hydroxyl groups is 1. The summed E-state index contributed by atoms with van der Waals surface area (Å²) in [6.45, 7) is 4.42. The van der Waals surface area contributed by atoms with E-state index < -0.39 is 6.10 Å². The van der Waals surface area contributed by atoms with E-state index in [-0.39, 0.29) is 0 Å². The molecule has 1 atom stereocenters. The summed E-state index contributed by atoms with van der Waals surface area (Å²) >= 11 is 0. The number of methoxy groups -OCH3 is 1. The minimum absolute atomic E-state index is 0.328. The van der Waals surface area contributed by atoms with Crippen LogP contribution in [0.5, 0.6) is 5.75 Å². The molecule has 3 N–H and O–H groups in total. The Morgan fingerprint density at radius 1 is 1.31 bits per heavy atom. The fraction of sp³-hybridized carbons (Fsp3) is 0.538. The summed E-state index contributed by atoms with van der Waals surface area (Å²) < 4.78 is 5.26. The Bertz CT molecular complexity index is 350. The summed E-state index contributed by atoms with van der Waals surface area (Å²) in [6.07, 6.45) is 1.17. The van der Waals surface area contributed by atoms with E-state index in [9.17, 15) is 5.11 Å². The van der Waals surface area contributed by atoms with Crippen LogP contribution in [-0.2, 0) is 6.42 Å². The maximum atomic E-state index is 9.43. The highest BCUT2D eigenvalue weighted by molar-refractivity contribution is 5.41. The average Bonchev–Trinajstić information content (AvgIpc) is 2.29. The molecule has 1 unspecified atom stereocenters. The summed E-state index contributed by atoms with van der Waals surface area (Å²) in [5.74, 6) is 0.917. The lowest BCUT2D eigenvalue weighted by Gasteiger charge is -2.13. The van der Waals surface area contributed by atoms with Crippen LogP contribution in [0.1, 0.15) is 23.1 Å². The van der Waals surface area contributed by atoms with Crippen LogP contribution >= 0.6 is 0 Å². The minimum Gasteiger partial charge on any atom is -0.496 e. The van der Waals surface area contributed by atoms with E-state index in [1.54, 1.807) is 7.11 Å². The van der Waals surface area contributed by atoms with Crippen molar-refractivity contribution in [1.82, 2.24) is 0 Å². The van der Waals surface area contributed by atoms with Crippen LogP contribution in [0.4, 0.5) is 0 Å². The molecule has 1 rings (SSSR count). The van der Waals surface area contributed by atoms with Gasteiger partial charge in [-0.3, -0.25) is 0 Å². The second-order valence-corrected chi connectivity index (χ2v) is 4.18. The number of nitrogens with two attached hydrogens (primary N) is 1. The summed E-state index contributed by atoms with van der Waals surface area (Å²) in [4.78, 5) is 0. The van der Waals surface area contributed by atoms with Crippen LogP contribution in [0, 0.1) is 13.8 Å². The summed E-state index contributed by atoms with van der Waals surface area (Å²) in [6, 6.07) is 4.16. The van der Waals surface area contributed by atoms with Gasteiger partial charge in [0.2, 0.25) is 0 Å². The van der Waals surface area contributed by atoms with E-state index in [1.165, 1.54) is 11.1 Å². The average molecular weight is 223 g/mol. The third-order valence-electron chi connectivity index (χ3n) is 2.87. The number of aryl methyl sites for hydroxylation is 3. The Balaban J connectivity index is 2.77. The first-order chi connectivity index (χ1) is 7.58. The zero-order chi connectivity index (χ0) is 12.1. The van der Waals surface area contributed by atoms with Gasteiger partial charge in [0.25, 0.3) is 0 Å². The molecule has 0 heterocycles. The molecule has 0 saturated carbocycles. The van der Waals surface area contributed by atoms with E-state index in [0.29, 0.717) is 13.0 Å². The predicted octanol–water partition coefficient (Wildman–Crippen LogP) is 1.56. The molecule has 90 valence electrons. The Labute approximate surface area is 97.2 Å². The van der Waals surface area contributed by atoms with Crippen molar-refractivity contribution in [2.45, 2.75) is 32.8 Å². The Morgan fingerprint density at radius 2 is 2.00 bits per heavy atom. The molecule has 0 aliphatic carbocycles. The zero-order valence-corrected chi connectivity index (χ0v) is 10.3. The summed E-state index contributed by atoms with van der Waals surface area (Å²) in [7, 11) is 1.68. The molecule has 3 heteroatoms. The fourth-order valence-electron chi connectivity index (χ4n) is 1.78. The Hall–Kier alpha value is -1.06. The third-order valence-corrected chi connectivity index (χ3v) is 2.87. The monoisotopic (exact) mass is 223 g/mol. The van der Waals surface area contributed by atoms with Gasteiger partial charge in [-0.25, -0.2) is 0 Å². The van der Waals surface area contributed by atoms with Crippen LogP contribution in [0.25, 0.3) is 0 Å². The van der Waals surface area contributed by atoms with Gasteiger partial charge in [0, 0.05) is 6.54 Å². The Morgan fingerprint density at radius 3 is 2.56 bits per heavy atom. The molecular formula is C13H21NO2. The zero-order valence-electron chi connectivity index (χ0n) is 10.3. The molecule has 1 aromatic rings. The highest BCUT2D eigenvalue weighted by Crippen LogP contribution is 2.23. The van der Waals surface area contributed by atoms with Crippen molar-refractivity contribution in [3.63, 3.8) is 0 Å². The van der Waals surface area contributed by atoms with Crippen molar-refractivity contribution in [2.75, 3.05) is 13.7 Å². The lowest BCUT2D eigenvalue weighted by atomic mass is 9.99. The van der Waals surface area contributed by atoms with E-state index >= 15 is 0 Å². The SMILES string of the molecule is COc1cc(C)c(CCC(O)CN)cc1C. The molecule has 0 amide bonds. The van der Waals surface area contributed by atoms with Crippen molar-refractivity contribution >= 4 is 0 Å². The highest BCUT2D eigenvalue weighted by atomic mass is 16.5. The topological polar surface area (TPSA) is 55.5 Å². The van der Waals surface area contributed by atoms with Gasteiger partial charge in [0.15, 0.2) is 0 Å². The van der Waals surface area contributed by atoms with E-state index in [4.69, 9.17) is 10.5 Å². The third kappa shape index (κ3) is 3.22. The van der Waals surface area contributed by atoms with Crippen molar-refractivity contribution in [2.24, 2.45) is 5.73 Å². The van der Waals surface area contributed by atoms with Gasteiger partial charge in [-0.1, -0.05) is 6.07 Å². The number of hydrogen-bond acceptors (Lipinski definition) is 3. The molecule has 0 saturated heterocycles. The molecule has 0 aromatic heterocycles. The lowest BCUT2D eigenvalue weighted by Crippen LogP contribution is -2.20. The summed E-state index contributed by atoms with van der Waals surface area (Å²) in [5, 5.41) is 9.43. The van der Waals surface area contributed by atoms with Crippen LogP contribution in [0.15, 0.2) is 12.1 Å². The first kappa shape index (κ1) is 13.0. The number of benzene rings is 1. The van der Waals surface area contributed by atoms with E-state index in [2.05, 4.69) is 13.0 Å². The van der Waals surface area contributed by atoms with Gasteiger partial charge in [-0.2, -0.15) is 0 Å². The molecule has 0 fully saturated rings. The second-order valence-electron chi connectivity index (χ2n) is 4.18. The van der Waals surface area contributed by atoms with Crippen LogP contribution < -0.4 is 10.5 Å². The first-order valence-electron chi connectivity index (χ1n) is 5.60. The van der Waals surface area contributed by atoms with Gasteiger partial charge >= 0.3 is 0 Å². The molecule has 16 heavy (non-hydrogen) atoms. The number of ether oxygens (including phenoxy) is 1. The Kier molecular flexibility index (Phi) is 4.77. The van der Waals surface area contributed by atoms with Gasteiger partial charge in [-0.15, -0.1) is 0 Å². The van der Waals surface area contributed by atoms with Gasteiger partial charge < -0.3 is 15.6 Å². The number of rotatable bonds is 5. The molecule has 1 aromatic carbocycles. The molecule has 0 aliphatic rings. The van der Waals surface area contributed by atoms with Crippen LogP contribution in [-0.4, -0.2) is 24.9 Å². The predicted molar refractivity (Wildman–Crippen MR) is 65.9 cm³/mol. The molecular weight excluding hydrogens is 202 g/mol. The molecule has 3 nitrogen and oxygen atoms in total. The number of aliphatic hydroxyl groups excluding tert-OH is 1. The molecule has 0 aliphatic heterocycles. The van der Waals surface area contributed by atoms with Crippen molar-refractivity contribution in [3.05, 3.63) is 28.8 Å². The lowest BCUT2D eigenvalue weighted by molar-refractivity contribution is 0.173. The van der Waals surface area contributed by atoms with Crippen LogP contribution in [0.3, 0.4) is 0 Å². The van der Waals surface area contributed by atoms with Gasteiger partial charge in [0.05, 0.1) is 13.2 Å². The van der Waals surface area contributed by atoms with Gasteiger partial charge in [-0.05, 0) is 49.4 Å². The van der Waals surface area contributed by atoms with Crippen molar-refractivity contribution < 1.29 is 9.84 Å². The highest BCUT2D eigenvalue weighted by Gasteiger charge is 2.07. The van der Waals surface area contributed by atoms with Crippen molar-refractivity contribution in [3.8, 4) is 5.75 Å². The standard InChI is InChI=1S/C13H21NO2/c1-9-7-13(16-3)10(2)6-11(9)4-5-12(15)8-14/h6-7,12,15H,4-5,8,14H2,1-3H3.